The number of hydrogen-bond donors (Lipinski definition) is 2. The van der Waals surface area contributed by atoms with Crippen molar-refractivity contribution in [1.29, 1.82) is 0 Å². The fourth-order valence-corrected chi connectivity index (χ4v) is 4.32. The summed E-state index contributed by atoms with van der Waals surface area (Å²) >= 11 is 0. The zero-order chi connectivity index (χ0) is 22.9. The molecule has 2 heterocycles. The molecular weight excluding hydrogens is 416 g/mol. The predicted octanol–water partition coefficient (Wildman–Crippen LogP) is 4.98. The molecule has 33 heavy (non-hydrogen) atoms. The number of allylic oxidation sites excluding steroid dienone is 1. The van der Waals surface area contributed by atoms with Gasteiger partial charge in [0.1, 0.15) is 11.5 Å². The Bertz CT molecular complexity index is 1390. The van der Waals surface area contributed by atoms with Gasteiger partial charge in [-0.2, -0.15) is 0 Å². The summed E-state index contributed by atoms with van der Waals surface area (Å²) in [6.45, 7) is 1.90. The van der Waals surface area contributed by atoms with Gasteiger partial charge in [0, 0.05) is 5.70 Å². The van der Waals surface area contributed by atoms with Gasteiger partial charge in [0.25, 0.3) is 5.91 Å². The average Bonchev–Trinajstić information content (AvgIpc) is 3.21. The maximum atomic E-state index is 13.7. The number of carbonyl (C=O) groups excluding carboxylic acids is 1. The lowest BCUT2D eigenvalue weighted by atomic mass is 9.94. The first-order chi connectivity index (χ1) is 16.1. The van der Waals surface area contributed by atoms with Crippen molar-refractivity contribution in [2.75, 3.05) is 24.9 Å². The molecule has 166 valence electrons. The number of rotatable bonds is 5. The van der Waals surface area contributed by atoms with E-state index in [-0.39, 0.29) is 5.91 Å². The van der Waals surface area contributed by atoms with E-state index in [1.165, 1.54) is 0 Å². The molecule has 3 aromatic carbocycles. The van der Waals surface area contributed by atoms with Crippen LogP contribution in [0.2, 0.25) is 0 Å². The molecule has 0 unspecified atom stereocenters. The van der Waals surface area contributed by atoms with Gasteiger partial charge in [0.2, 0.25) is 5.95 Å². The van der Waals surface area contributed by atoms with Gasteiger partial charge in [0.05, 0.1) is 42.6 Å². The Hall–Kier alpha value is -4.26. The Morgan fingerprint density at radius 3 is 2.61 bits per heavy atom. The van der Waals surface area contributed by atoms with Crippen molar-refractivity contribution < 1.29 is 14.3 Å². The number of fused-ring (bicyclic) bond motifs is 3. The molecule has 1 aliphatic heterocycles. The first-order valence-corrected chi connectivity index (χ1v) is 10.6. The molecule has 0 saturated carbocycles. The number of ether oxygens (including phenoxy) is 2. The van der Waals surface area contributed by atoms with E-state index < -0.39 is 6.04 Å². The van der Waals surface area contributed by atoms with Crippen LogP contribution in [0.4, 0.5) is 11.6 Å². The van der Waals surface area contributed by atoms with Crippen molar-refractivity contribution in [2.24, 2.45) is 0 Å². The van der Waals surface area contributed by atoms with Crippen molar-refractivity contribution in [2.45, 2.75) is 13.0 Å². The molecule has 1 aromatic heterocycles. The highest BCUT2D eigenvalue weighted by atomic mass is 16.5. The van der Waals surface area contributed by atoms with Crippen molar-refractivity contribution >= 4 is 28.6 Å². The second-order valence-electron chi connectivity index (χ2n) is 7.79. The molecule has 0 aliphatic carbocycles. The van der Waals surface area contributed by atoms with E-state index in [0.717, 1.165) is 28.0 Å². The number of methoxy groups -OCH3 is 2. The van der Waals surface area contributed by atoms with Gasteiger partial charge in [0.15, 0.2) is 0 Å². The van der Waals surface area contributed by atoms with E-state index in [2.05, 4.69) is 15.2 Å². The monoisotopic (exact) mass is 440 g/mol. The zero-order valence-electron chi connectivity index (χ0n) is 18.6. The van der Waals surface area contributed by atoms with Crippen LogP contribution in [0.5, 0.6) is 11.5 Å². The summed E-state index contributed by atoms with van der Waals surface area (Å²) in [4.78, 5) is 18.5. The molecule has 1 aliphatic rings. The fraction of sp³-hybridized carbons (Fsp3) is 0.154. The SMILES string of the molecule is COc1cccc([C@@H]2C(C(=O)Nc3ccccc3OC)=C(C)Nc3nc4ccccc4n32)c1. The molecule has 7 heteroatoms. The lowest BCUT2D eigenvalue weighted by Gasteiger charge is -2.31. The van der Waals surface area contributed by atoms with Crippen LogP contribution in [0.15, 0.2) is 84.1 Å². The molecule has 0 fully saturated rings. The van der Waals surface area contributed by atoms with Crippen LogP contribution in [0.1, 0.15) is 18.5 Å². The Labute approximate surface area is 191 Å². The normalized spacial score (nSPS) is 15.1. The van der Waals surface area contributed by atoms with Gasteiger partial charge in [-0.1, -0.05) is 36.4 Å². The number of nitrogens with zero attached hydrogens (tertiary/aromatic N) is 2. The minimum Gasteiger partial charge on any atom is -0.497 e. The van der Waals surface area contributed by atoms with E-state index in [4.69, 9.17) is 14.5 Å². The largest absolute Gasteiger partial charge is 0.497 e. The number of carbonyl (C=O) groups is 1. The number of hydrogen-bond acceptors (Lipinski definition) is 5. The molecule has 0 saturated heterocycles. The number of para-hydroxylation sites is 4. The number of aromatic nitrogens is 2. The number of benzene rings is 3. The van der Waals surface area contributed by atoms with Gasteiger partial charge >= 0.3 is 0 Å². The molecule has 0 spiro atoms. The van der Waals surface area contributed by atoms with Crippen LogP contribution in [0.25, 0.3) is 11.0 Å². The van der Waals surface area contributed by atoms with Crippen molar-refractivity contribution in [1.82, 2.24) is 9.55 Å². The van der Waals surface area contributed by atoms with Gasteiger partial charge in [-0.15, -0.1) is 0 Å². The first kappa shape index (κ1) is 20.6. The van der Waals surface area contributed by atoms with Gasteiger partial charge < -0.3 is 20.1 Å². The van der Waals surface area contributed by atoms with Crippen molar-refractivity contribution in [3.8, 4) is 11.5 Å². The van der Waals surface area contributed by atoms with Gasteiger partial charge in [-0.25, -0.2) is 4.98 Å². The molecule has 5 rings (SSSR count). The number of amides is 1. The smallest absolute Gasteiger partial charge is 0.255 e. The van der Waals surface area contributed by atoms with Gasteiger partial charge in [-0.05, 0) is 48.9 Å². The average molecular weight is 441 g/mol. The van der Waals surface area contributed by atoms with Gasteiger partial charge in [-0.3, -0.25) is 9.36 Å². The van der Waals surface area contributed by atoms with Crippen molar-refractivity contribution in [3.05, 3.63) is 89.6 Å². The Morgan fingerprint density at radius 1 is 1.00 bits per heavy atom. The maximum Gasteiger partial charge on any atom is 0.255 e. The highest BCUT2D eigenvalue weighted by Gasteiger charge is 2.34. The van der Waals surface area contributed by atoms with E-state index >= 15 is 0 Å². The third kappa shape index (κ3) is 3.57. The minimum atomic E-state index is -0.404. The molecule has 7 nitrogen and oxygen atoms in total. The molecule has 0 radical (unpaired) electrons. The summed E-state index contributed by atoms with van der Waals surface area (Å²) in [5, 5.41) is 6.37. The van der Waals surface area contributed by atoms with Crippen LogP contribution < -0.4 is 20.1 Å². The number of imidazole rings is 1. The predicted molar refractivity (Wildman–Crippen MR) is 129 cm³/mol. The maximum absolute atomic E-state index is 13.7. The third-order valence-electron chi connectivity index (χ3n) is 5.84. The van der Waals surface area contributed by atoms with Crippen LogP contribution in [0, 0.1) is 0 Å². The van der Waals surface area contributed by atoms with E-state index in [1.807, 2.05) is 79.7 Å². The molecular formula is C26H24N4O3. The zero-order valence-corrected chi connectivity index (χ0v) is 18.6. The van der Waals surface area contributed by atoms with Crippen LogP contribution in [0.3, 0.4) is 0 Å². The number of anilines is 2. The second-order valence-corrected chi connectivity index (χ2v) is 7.79. The summed E-state index contributed by atoms with van der Waals surface area (Å²) in [6, 6.07) is 22.6. The Kier molecular flexibility index (Phi) is 5.22. The lowest BCUT2D eigenvalue weighted by molar-refractivity contribution is -0.113. The summed E-state index contributed by atoms with van der Waals surface area (Å²) in [5.74, 6) is 1.79. The summed E-state index contributed by atoms with van der Waals surface area (Å²) in [6.07, 6.45) is 0. The van der Waals surface area contributed by atoms with E-state index in [1.54, 1.807) is 14.2 Å². The number of nitrogens with one attached hydrogen (secondary N) is 2. The lowest BCUT2D eigenvalue weighted by Crippen LogP contribution is -2.31. The third-order valence-corrected chi connectivity index (χ3v) is 5.84. The minimum absolute atomic E-state index is 0.222. The Balaban J connectivity index is 1.67. The second kappa shape index (κ2) is 8.35. The molecule has 0 bridgehead atoms. The highest BCUT2D eigenvalue weighted by Crippen LogP contribution is 2.40. The summed E-state index contributed by atoms with van der Waals surface area (Å²) < 4.78 is 13.0. The summed E-state index contributed by atoms with van der Waals surface area (Å²) in [5.41, 5.74) is 4.64. The topological polar surface area (TPSA) is 77.4 Å². The quantitative estimate of drug-likeness (QED) is 0.458. The van der Waals surface area contributed by atoms with Crippen LogP contribution in [-0.4, -0.2) is 29.7 Å². The standard InChI is InChI=1S/C26H24N4O3/c1-16-23(25(31)28-20-12-5-7-14-22(20)33-3)24(17-9-8-10-18(15-17)32-2)30-21-13-6-4-11-19(21)29-26(30)27-16/h4-15,24H,1-3H3,(H,27,29)(H,28,31)/t24-/m1/s1. The van der Waals surface area contributed by atoms with Crippen LogP contribution >= 0.6 is 0 Å². The fourth-order valence-electron chi connectivity index (χ4n) is 4.32. The molecule has 1 amide bonds. The molecule has 1 atom stereocenters. The Morgan fingerprint density at radius 2 is 1.79 bits per heavy atom. The highest BCUT2D eigenvalue weighted by molar-refractivity contribution is 6.07. The van der Waals surface area contributed by atoms with E-state index in [9.17, 15) is 4.79 Å². The summed E-state index contributed by atoms with van der Waals surface area (Å²) in [7, 11) is 3.22. The molecule has 2 N–H and O–H groups in total. The van der Waals surface area contributed by atoms with E-state index in [0.29, 0.717) is 23.0 Å². The molecule has 4 aromatic rings. The first-order valence-electron chi connectivity index (χ1n) is 10.6. The van der Waals surface area contributed by atoms with Crippen molar-refractivity contribution in [3.63, 3.8) is 0 Å². The van der Waals surface area contributed by atoms with Crippen LogP contribution in [-0.2, 0) is 4.79 Å².